The van der Waals surface area contributed by atoms with Crippen LogP contribution in [0.4, 0.5) is 0 Å². The number of methoxy groups -OCH3 is 2. The Bertz CT molecular complexity index is 809. The lowest BCUT2D eigenvalue weighted by Gasteiger charge is -2.17. The van der Waals surface area contributed by atoms with Gasteiger partial charge in [-0.2, -0.15) is 0 Å². The molecule has 0 aliphatic heterocycles. The highest BCUT2D eigenvalue weighted by Crippen LogP contribution is 2.39. The summed E-state index contributed by atoms with van der Waals surface area (Å²) in [5, 5.41) is 5.64. The van der Waals surface area contributed by atoms with Crippen LogP contribution in [0.1, 0.15) is 29.0 Å². The standard InChI is InChI=1S/C22H25NO3S/c1-16(21-10-7-11-27-21)23-14-18-12-19(24-2)22(20(13-18)25-3)26-15-17-8-5-4-6-9-17/h4-13,16,23H,14-15H2,1-3H3. The van der Waals surface area contributed by atoms with Gasteiger partial charge in [0, 0.05) is 17.5 Å². The van der Waals surface area contributed by atoms with E-state index in [1.807, 2.05) is 42.5 Å². The zero-order valence-electron chi connectivity index (χ0n) is 15.9. The molecule has 0 saturated carbocycles. The number of hydrogen-bond acceptors (Lipinski definition) is 5. The maximum absolute atomic E-state index is 6.01. The molecule has 0 amide bonds. The summed E-state index contributed by atoms with van der Waals surface area (Å²) in [5.41, 5.74) is 2.18. The normalized spacial score (nSPS) is 11.8. The summed E-state index contributed by atoms with van der Waals surface area (Å²) in [6.07, 6.45) is 0. The van der Waals surface area contributed by atoms with Gasteiger partial charge in [0.15, 0.2) is 11.5 Å². The van der Waals surface area contributed by atoms with Crippen molar-refractivity contribution in [3.63, 3.8) is 0 Å². The van der Waals surface area contributed by atoms with Crippen molar-refractivity contribution in [3.8, 4) is 17.2 Å². The molecule has 1 atom stereocenters. The van der Waals surface area contributed by atoms with Crippen LogP contribution >= 0.6 is 11.3 Å². The Morgan fingerprint density at radius 1 is 0.926 bits per heavy atom. The minimum Gasteiger partial charge on any atom is -0.493 e. The molecule has 2 aromatic carbocycles. The van der Waals surface area contributed by atoms with Gasteiger partial charge in [-0.1, -0.05) is 36.4 Å². The monoisotopic (exact) mass is 383 g/mol. The average Bonchev–Trinajstić information content (AvgIpc) is 3.26. The third-order valence-electron chi connectivity index (χ3n) is 4.33. The van der Waals surface area contributed by atoms with Crippen LogP contribution in [0.25, 0.3) is 0 Å². The summed E-state index contributed by atoms with van der Waals surface area (Å²) >= 11 is 1.76. The zero-order valence-corrected chi connectivity index (χ0v) is 16.7. The lowest BCUT2D eigenvalue weighted by Crippen LogP contribution is -2.17. The van der Waals surface area contributed by atoms with Crippen LogP contribution in [0.15, 0.2) is 60.0 Å². The molecule has 0 radical (unpaired) electrons. The van der Waals surface area contributed by atoms with Gasteiger partial charge in [0.05, 0.1) is 14.2 Å². The van der Waals surface area contributed by atoms with Crippen LogP contribution in [0.3, 0.4) is 0 Å². The molecule has 0 aliphatic rings. The van der Waals surface area contributed by atoms with E-state index < -0.39 is 0 Å². The third kappa shape index (κ3) is 5.02. The molecule has 0 saturated heterocycles. The Morgan fingerprint density at radius 2 is 1.63 bits per heavy atom. The molecule has 3 aromatic rings. The van der Waals surface area contributed by atoms with Gasteiger partial charge in [-0.15, -0.1) is 11.3 Å². The van der Waals surface area contributed by atoms with Crippen LogP contribution in [0.5, 0.6) is 17.2 Å². The number of ether oxygens (including phenoxy) is 3. The molecular formula is C22H25NO3S. The van der Waals surface area contributed by atoms with Crippen molar-refractivity contribution >= 4 is 11.3 Å². The van der Waals surface area contributed by atoms with Gasteiger partial charge in [-0.3, -0.25) is 0 Å². The maximum Gasteiger partial charge on any atom is 0.203 e. The fraction of sp³-hybridized carbons (Fsp3) is 0.273. The van der Waals surface area contributed by atoms with Crippen LogP contribution < -0.4 is 19.5 Å². The van der Waals surface area contributed by atoms with Gasteiger partial charge in [0.1, 0.15) is 6.61 Å². The summed E-state index contributed by atoms with van der Waals surface area (Å²) in [7, 11) is 3.30. The highest BCUT2D eigenvalue weighted by atomic mass is 32.1. The van der Waals surface area contributed by atoms with Gasteiger partial charge >= 0.3 is 0 Å². The minimum atomic E-state index is 0.288. The van der Waals surface area contributed by atoms with Crippen molar-refractivity contribution in [3.05, 3.63) is 76.0 Å². The van der Waals surface area contributed by atoms with Gasteiger partial charge in [-0.05, 0) is 41.6 Å². The van der Waals surface area contributed by atoms with Crippen molar-refractivity contribution in [1.82, 2.24) is 5.32 Å². The average molecular weight is 384 g/mol. The molecule has 1 heterocycles. The number of thiophene rings is 1. The highest BCUT2D eigenvalue weighted by molar-refractivity contribution is 7.10. The Hall–Kier alpha value is -2.50. The first kappa shape index (κ1) is 19.3. The van der Waals surface area contributed by atoms with Crippen LogP contribution in [0.2, 0.25) is 0 Å². The van der Waals surface area contributed by atoms with Crippen LogP contribution in [0, 0.1) is 0 Å². The van der Waals surface area contributed by atoms with Crippen molar-refractivity contribution in [1.29, 1.82) is 0 Å². The molecule has 0 bridgehead atoms. The van der Waals surface area contributed by atoms with E-state index >= 15 is 0 Å². The number of benzene rings is 2. The maximum atomic E-state index is 6.01. The molecule has 27 heavy (non-hydrogen) atoms. The lowest BCUT2D eigenvalue weighted by atomic mass is 10.1. The van der Waals surface area contributed by atoms with Crippen molar-refractivity contribution in [2.75, 3.05) is 14.2 Å². The first-order valence-electron chi connectivity index (χ1n) is 8.89. The fourth-order valence-electron chi connectivity index (χ4n) is 2.82. The van der Waals surface area contributed by atoms with Crippen molar-refractivity contribution in [2.45, 2.75) is 26.1 Å². The van der Waals surface area contributed by atoms with Gasteiger partial charge in [0.2, 0.25) is 5.75 Å². The zero-order chi connectivity index (χ0) is 19.1. The quantitative estimate of drug-likeness (QED) is 0.552. The van der Waals surface area contributed by atoms with E-state index in [0.29, 0.717) is 30.4 Å². The highest BCUT2D eigenvalue weighted by Gasteiger charge is 2.15. The summed E-state index contributed by atoms with van der Waals surface area (Å²) < 4.78 is 17.1. The van der Waals surface area contributed by atoms with Gasteiger partial charge < -0.3 is 19.5 Å². The van der Waals surface area contributed by atoms with E-state index in [1.165, 1.54) is 4.88 Å². The van der Waals surface area contributed by atoms with E-state index in [1.54, 1.807) is 25.6 Å². The molecule has 0 spiro atoms. The van der Waals surface area contributed by atoms with Crippen molar-refractivity contribution < 1.29 is 14.2 Å². The second-order valence-corrected chi connectivity index (χ2v) is 7.20. The molecule has 142 valence electrons. The lowest BCUT2D eigenvalue weighted by molar-refractivity contribution is 0.265. The summed E-state index contributed by atoms with van der Waals surface area (Å²) in [6.45, 7) is 3.34. The van der Waals surface area contributed by atoms with E-state index in [9.17, 15) is 0 Å². The Morgan fingerprint density at radius 3 is 2.22 bits per heavy atom. The molecule has 4 nitrogen and oxygen atoms in total. The van der Waals surface area contributed by atoms with E-state index in [-0.39, 0.29) is 6.04 Å². The Labute approximate surface area is 164 Å². The topological polar surface area (TPSA) is 39.7 Å². The number of nitrogens with one attached hydrogen (secondary N) is 1. The van der Waals surface area contributed by atoms with Crippen LogP contribution in [-0.2, 0) is 13.2 Å². The first-order chi connectivity index (χ1) is 13.2. The molecular weight excluding hydrogens is 358 g/mol. The summed E-state index contributed by atoms with van der Waals surface area (Å²) in [5.74, 6) is 1.97. The predicted molar refractivity (Wildman–Crippen MR) is 110 cm³/mol. The Kier molecular flexibility index (Phi) is 6.74. The van der Waals surface area contributed by atoms with E-state index in [2.05, 4.69) is 29.8 Å². The predicted octanol–water partition coefficient (Wildman–Crippen LogP) is 5.20. The molecule has 1 unspecified atom stereocenters. The largest absolute Gasteiger partial charge is 0.493 e. The minimum absolute atomic E-state index is 0.288. The molecule has 5 heteroatoms. The molecule has 3 rings (SSSR count). The summed E-state index contributed by atoms with van der Waals surface area (Å²) in [4.78, 5) is 1.32. The first-order valence-corrected chi connectivity index (χ1v) is 9.77. The molecule has 1 N–H and O–H groups in total. The second kappa shape index (κ2) is 9.44. The molecule has 0 fully saturated rings. The second-order valence-electron chi connectivity index (χ2n) is 6.22. The molecule has 0 aliphatic carbocycles. The Balaban J connectivity index is 1.73. The SMILES string of the molecule is COc1cc(CNC(C)c2cccs2)cc(OC)c1OCc1ccccc1. The summed E-state index contributed by atoms with van der Waals surface area (Å²) in [6, 6.07) is 18.5. The van der Waals surface area contributed by atoms with Gasteiger partial charge in [-0.25, -0.2) is 0 Å². The van der Waals surface area contributed by atoms with Crippen molar-refractivity contribution in [2.24, 2.45) is 0 Å². The molecule has 1 aromatic heterocycles. The number of rotatable bonds is 9. The smallest absolute Gasteiger partial charge is 0.203 e. The van der Waals surface area contributed by atoms with E-state index in [4.69, 9.17) is 14.2 Å². The fourth-order valence-corrected chi connectivity index (χ4v) is 3.58. The van der Waals surface area contributed by atoms with Gasteiger partial charge in [0.25, 0.3) is 0 Å². The van der Waals surface area contributed by atoms with Crippen LogP contribution in [-0.4, -0.2) is 14.2 Å². The third-order valence-corrected chi connectivity index (χ3v) is 5.38. The van der Waals surface area contributed by atoms with E-state index in [0.717, 1.165) is 11.1 Å². The number of hydrogen-bond donors (Lipinski definition) is 1.